The second-order valence-corrected chi connectivity index (χ2v) is 5.52. The summed E-state index contributed by atoms with van der Waals surface area (Å²) in [6.45, 7) is 4.41. The van der Waals surface area contributed by atoms with Crippen LogP contribution >= 0.6 is 11.9 Å². The number of benzene rings is 1. The van der Waals surface area contributed by atoms with Gasteiger partial charge in [-0.2, -0.15) is 0 Å². The molecule has 0 aliphatic carbocycles. The zero-order valence-electron chi connectivity index (χ0n) is 9.94. The van der Waals surface area contributed by atoms with Crippen molar-refractivity contribution in [2.45, 2.75) is 4.90 Å². The van der Waals surface area contributed by atoms with E-state index < -0.39 is 0 Å². The Balaban J connectivity index is 2.00. The average molecular weight is 237 g/mol. The number of hydrogen-bond acceptors (Lipinski definition) is 4. The fourth-order valence-corrected chi connectivity index (χ4v) is 2.53. The molecule has 3 nitrogen and oxygen atoms in total. The molecular weight excluding hydrogens is 218 g/mol. The van der Waals surface area contributed by atoms with Crippen molar-refractivity contribution < 1.29 is 0 Å². The van der Waals surface area contributed by atoms with Crippen LogP contribution in [0.25, 0.3) is 0 Å². The van der Waals surface area contributed by atoms with Gasteiger partial charge >= 0.3 is 0 Å². The molecule has 1 aromatic rings. The Morgan fingerprint density at radius 3 is 2.31 bits per heavy atom. The predicted molar refractivity (Wildman–Crippen MR) is 71.1 cm³/mol. The van der Waals surface area contributed by atoms with Crippen molar-refractivity contribution in [2.75, 3.05) is 45.2 Å². The molecule has 0 amide bonds. The highest BCUT2D eigenvalue weighted by Gasteiger charge is 2.09. The van der Waals surface area contributed by atoms with Gasteiger partial charge in [0.1, 0.15) is 0 Å². The molecule has 0 saturated carbocycles. The van der Waals surface area contributed by atoms with Gasteiger partial charge in [0.05, 0.1) is 0 Å². The fraction of sp³-hybridized carbons (Fsp3) is 0.500. The van der Waals surface area contributed by atoms with Crippen LogP contribution < -0.4 is 10.2 Å². The van der Waals surface area contributed by atoms with Crippen LogP contribution in [0.15, 0.2) is 29.2 Å². The lowest BCUT2D eigenvalue weighted by molar-refractivity contribution is 0.589. The lowest BCUT2D eigenvalue weighted by Gasteiger charge is -2.29. The van der Waals surface area contributed by atoms with Crippen molar-refractivity contribution in [3.8, 4) is 0 Å². The maximum Gasteiger partial charge on any atom is 0.0367 e. The Morgan fingerprint density at radius 1 is 1.12 bits per heavy atom. The van der Waals surface area contributed by atoms with Gasteiger partial charge in [-0.05, 0) is 50.3 Å². The molecule has 88 valence electrons. The topological polar surface area (TPSA) is 18.5 Å². The van der Waals surface area contributed by atoms with E-state index in [1.165, 1.54) is 10.6 Å². The second kappa shape index (κ2) is 5.57. The first-order valence-corrected chi connectivity index (χ1v) is 6.44. The highest BCUT2D eigenvalue weighted by atomic mass is 32.2. The van der Waals surface area contributed by atoms with E-state index in [-0.39, 0.29) is 0 Å². The number of anilines is 1. The van der Waals surface area contributed by atoms with E-state index in [1.54, 1.807) is 11.9 Å². The minimum Gasteiger partial charge on any atom is -0.369 e. The highest BCUT2D eigenvalue weighted by molar-refractivity contribution is 7.97. The lowest BCUT2D eigenvalue weighted by Crippen LogP contribution is -2.43. The Bertz CT molecular complexity index is 318. The smallest absolute Gasteiger partial charge is 0.0367 e. The quantitative estimate of drug-likeness (QED) is 0.806. The van der Waals surface area contributed by atoms with E-state index in [4.69, 9.17) is 0 Å². The minimum absolute atomic E-state index is 1.09. The molecular formula is C12H19N3S. The van der Waals surface area contributed by atoms with Crippen molar-refractivity contribution in [1.29, 1.82) is 0 Å². The Kier molecular flexibility index (Phi) is 4.09. The van der Waals surface area contributed by atoms with Crippen LogP contribution in [0.1, 0.15) is 0 Å². The molecule has 1 heterocycles. The summed E-state index contributed by atoms with van der Waals surface area (Å²) < 4.78 is 2.11. The third-order valence-electron chi connectivity index (χ3n) is 2.61. The summed E-state index contributed by atoms with van der Waals surface area (Å²) in [5, 5.41) is 3.37. The summed E-state index contributed by atoms with van der Waals surface area (Å²) in [6, 6.07) is 8.83. The van der Waals surface area contributed by atoms with Crippen LogP contribution in [0.4, 0.5) is 5.69 Å². The largest absolute Gasteiger partial charge is 0.369 e. The Labute approximate surface area is 102 Å². The van der Waals surface area contributed by atoms with Crippen LogP contribution in [-0.4, -0.2) is 44.6 Å². The molecule has 1 fully saturated rings. The van der Waals surface area contributed by atoms with Crippen LogP contribution in [0, 0.1) is 0 Å². The number of hydrogen-bond donors (Lipinski definition) is 1. The van der Waals surface area contributed by atoms with Crippen LogP contribution in [0.3, 0.4) is 0 Å². The molecule has 0 spiro atoms. The summed E-state index contributed by atoms with van der Waals surface area (Å²) in [7, 11) is 4.13. The van der Waals surface area contributed by atoms with Crippen LogP contribution in [0.5, 0.6) is 0 Å². The summed E-state index contributed by atoms with van der Waals surface area (Å²) in [4.78, 5) is 3.73. The average Bonchev–Trinajstić information content (AvgIpc) is 2.30. The van der Waals surface area contributed by atoms with E-state index in [1.807, 2.05) is 0 Å². The number of nitrogens with zero attached hydrogens (tertiary/aromatic N) is 2. The summed E-state index contributed by atoms with van der Waals surface area (Å²) >= 11 is 1.76. The SMILES string of the molecule is CN(C)Sc1ccc(N2CCNCC2)cc1. The maximum atomic E-state index is 3.37. The lowest BCUT2D eigenvalue weighted by atomic mass is 10.2. The van der Waals surface area contributed by atoms with Crippen molar-refractivity contribution in [3.63, 3.8) is 0 Å². The summed E-state index contributed by atoms with van der Waals surface area (Å²) in [5.74, 6) is 0. The van der Waals surface area contributed by atoms with Crippen LogP contribution in [0.2, 0.25) is 0 Å². The number of rotatable bonds is 3. The van der Waals surface area contributed by atoms with E-state index in [2.05, 4.69) is 52.9 Å². The molecule has 0 unspecified atom stereocenters. The molecule has 4 heteroatoms. The molecule has 0 radical (unpaired) electrons. The van der Waals surface area contributed by atoms with Gasteiger partial charge in [-0.15, -0.1) is 0 Å². The minimum atomic E-state index is 1.09. The second-order valence-electron chi connectivity index (χ2n) is 4.13. The number of piperazine rings is 1. The summed E-state index contributed by atoms with van der Waals surface area (Å²) in [6.07, 6.45) is 0. The molecule has 0 bridgehead atoms. The predicted octanol–water partition coefficient (Wildman–Crippen LogP) is 1.66. The molecule has 1 saturated heterocycles. The van der Waals surface area contributed by atoms with Crippen molar-refractivity contribution in [2.24, 2.45) is 0 Å². The zero-order valence-corrected chi connectivity index (χ0v) is 10.8. The van der Waals surface area contributed by atoms with E-state index in [9.17, 15) is 0 Å². The van der Waals surface area contributed by atoms with Gasteiger partial charge < -0.3 is 10.2 Å². The fourth-order valence-electron chi connectivity index (χ4n) is 1.85. The molecule has 1 aliphatic heterocycles. The van der Waals surface area contributed by atoms with E-state index in [0.29, 0.717) is 0 Å². The highest BCUT2D eigenvalue weighted by Crippen LogP contribution is 2.23. The molecule has 2 rings (SSSR count). The third-order valence-corrected chi connectivity index (χ3v) is 3.45. The Morgan fingerprint density at radius 2 is 1.75 bits per heavy atom. The van der Waals surface area contributed by atoms with Gasteiger partial charge in [-0.25, -0.2) is 0 Å². The first kappa shape index (κ1) is 11.8. The standard InChI is InChI=1S/C12H19N3S/c1-14(2)16-12-5-3-11(4-6-12)15-9-7-13-8-10-15/h3-6,13H,7-10H2,1-2H3. The Hall–Kier alpha value is -0.710. The summed E-state index contributed by atoms with van der Waals surface area (Å²) in [5.41, 5.74) is 1.34. The van der Waals surface area contributed by atoms with Gasteiger partial charge in [0.2, 0.25) is 0 Å². The number of nitrogens with one attached hydrogen (secondary N) is 1. The normalized spacial score (nSPS) is 16.8. The molecule has 0 atom stereocenters. The maximum absolute atomic E-state index is 3.37. The van der Waals surface area contributed by atoms with Crippen LogP contribution in [-0.2, 0) is 0 Å². The molecule has 1 aromatic carbocycles. The van der Waals surface area contributed by atoms with E-state index in [0.717, 1.165) is 26.2 Å². The molecule has 1 aliphatic rings. The monoisotopic (exact) mass is 237 g/mol. The van der Waals surface area contributed by atoms with Gasteiger partial charge in [-0.1, -0.05) is 0 Å². The first-order chi connectivity index (χ1) is 7.75. The molecule has 1 N–H and O–H groups in total. The van der Waals surface area contributed by atoms with E-state index >= 15 is 0 Å². The van der Waals surface area contributed by atoms with Gasteiger partial charge in [-0.3, -0.25) is 4.31 Å². The van der Waals surface area contributed by atoms with Gasteiger partial charge in [0.15, 0.2) is 0 Å². The van der Waals surface area contributed by atoms with Crippen molar-refractivity contribution >= 4 is 17.6 Å². The van der Waals surface area contributed by atoms with Gasteiger partial charge in [0, 0.05) is 36.8 Å². The zero-order chi connectivity index (χ0) is 11.4. The van der Waals surface area contributed by atoms with Gasteiger partial charge in [0.25, 0.3) is 0 Å². The third kappa shape index (κ3) is 3.14. The molecule has 16 heavy (non-hydrogen) atoms. The molecule has 0 aromatic heterocycles. The first-order valence-electron chi connectivity index (χ1n) is 5.67. The van der Waals surface area contributed by atoms with Crippen molar-refractivity contribution in [1.82, 2.24) is 9.62 Å². The van der Waals surface area contributed by atoms with Crippen molar-refractivity contribution in [3.05, 3.63) is 24.3 Å².